The number of carbonyl (C=O) groups is 1. The molecular formula is C12H11NO3. The Labute approximate surface area is 92.5 Å². The van der Waals surface area contributed by atoms with Crippen molar-refractivity contribution < 1.29 is 14.6 Å². The third kappa shape index (κ3) is 1.69. The summed E-state index contributed by atoms with van der Waals surface area (Å²) in [5, 5.41) is 10.7. The van der Waals surface area contributed by atoms with Gasteiger partial charge in [-0.15, -0.1) is 0 Å². The van der Waals surface area contributed by atoms with Crippen LogP contribution < -0.4 is 4.74 Å². The molecule has 0 unspecified atom stereocenters. The Morgan fingerprint density at radius 1 is 1.44 bits per heavy atom. The van der Waals surface area contributed by atoms with E-state index in [4.69, 9.17) is 9.84 Å². The number of hydrogen-bond donors (Lipinski definition) is 1. The number of benzene rings is 1. The van der Waals surface area contributed by atoms with Crippen molar-refractivity contribution in [3.05, 3.63) is 36.2 Å². The van der Waals surface area contributed by atoms with Crippen molar-refractivity contribution in [2.75, 3.05) is 6.61 Å². The summed E-state index contributed by atoms with van der Waals surface area (Å²) >= 11 is 0. The third-order valence-electron chi connectivity index (χ3n) is 2.24. The predicted molar refractivity (Wildman–Crippen MR) is 59.9 cm³/mol. The molecule has 1 aromatic carbocycles. The molecule has 0 fully saturated rings. The van der Waals surface area contributed by atoms with E-state index in [2.05, 4.69) is 4.98 Å². The number of pyridine rings is 1. The molecule has 0 radical (unpaired) electrons. The van der Waals surface area contributed by atoms with Crippen molar-refractivity contribution in [2.45, 2.75) is 6.92 Å². The van der Waals surface area contributed by atoms with Gasteiger partial charge in [0.1, 0.15) is 0 Å². The predicted octanol–water partition coefficient (Wildman–Crippen LogP) is 2.33. The lowest BCUT2D eigenvalue weighted by Gasteiger charge is -2.09. The van der Waals surface area contributed by atoms with Gasteiger partial charge in [0.25, 0.3) is 0 Å². The van der Waals surface area contributed by atoms with Gasteiger partial charge in [-0.2, -0.15) is 0 Å². The zero-order valence-electron chi connectivity index (χ0n) is 8.80. The molecule has 4 nitrogen and oxygen atoms in total. The van der Waals surface area contributed by atoms with Crippen molar-refractivity contribution in [3.63, 3.8) is 0 Å². The van der Waals surface area contributed by atoms with Gasteiger partial charge in [-0.1, -0.05) is 24.3 Å². The summed E-state index contributed by atoms with van der Waals surface area (Å²) in [6.07, 6.45) is 1.54. The monoisotopic (exact) mass is 217 g/mol. The number of carboxylic acids is 1. The number of rotatable bonds is 3. The summed E-state index contributed by atoms with van der Waals surface area (Å²) in [5.74, 6) is -0.734. The fourth-order valence-corrected chi connectivity index (χ4v) is 1.58. The van der Waals surface area contributed by atoms with Crippen molar-refractivity contribution in [1.29, 1.82) is 0 Å². The first-order valence-electron chi connectivity index (χ1n) is 4.98. The molecule has 1 aromatic heterocycles. The molecule has 0 amide bonds. The van der Waals surface area contributed by atoms with Crippen LogP contribution in [0, 0.1) is 0 Å². The average molecular weight is 217 g/mol. The lowest BCUT2D eigenvalue weighted by Crippen LogP contribution is -2.06. The van der Waals surface area contributed by atoms with Crippen LogP contribution in [0.2, 0.25) is 0 Å². The van der Waals surface area contributed by atoms with Gasteiger partial charge in [-0.3, -0.25) is 0 Å². The maximum Gasteiger partial charge on any atom is 0.358 e. The van der Waals surface area contributed by atoms with Crippen LogP contribution in [0.25, 0.3) is 10.8 Å². The Morgan fingerprint density at radius 3 is 2.88 bits per heavy atom. The summed E-state index contributed by atoms with van der Waals surface area (Å²) in [6.45, 7) is 2.23. The van der Waals surface area contributed by atoms with Crippen molar-refractivity contribution in [1.82, 2.24) is 4.98 Å². The summed E-state index contributed by atoms with van der Waals surface area (Å²) in [7, 11) is 0. The first-order valence-corrected chi connectivity index (χ1v) is 4.98. The van der Waals surface area contributed by atoms with Gasteiger partial charge >= 0.3 is 5.97 Å². The average Bonchev–Trinajstić information content (AvgIpc) is 2.29. The van der Waals surface area contributed by atoms with Crippen LogP contribution in [0.1, 0.15) is 17.4 Å². The zero-order valence-corrected chi connectivity index (χ0v) is 8.80. The molecule has 1 N–H and O–H groups in total. The minimum absolute atomic E-state index is 0.0412. The number of ether oxygens (including phenoxy) is 1. The third-order valence-corrected chi connectivity index (χ3v) is 2.24. The molecule has 16 heavy (non-hydrogen) atoms. The molecule has 0 spiro atoms. The highest BCUT2D eigenvalue weighted by Gasteiger charge is 2.15. The van der Waals surface area contributed by atoms with Crippen LogP contribution in [0.15, 0.2) is 30.5 Å². The number of aromatic carboxylic acids is 1. The molecule has 0 saturated heterocycles. The highest BCUT2D eigenvalue weighted by Crippen LogP contribution is 2.27. The standard InChI is InChI=1S/C12H11NO3/c1-2-16-11-9-6-4-3-5-8(9)7-13-10(11)12(14)15/h3-7H,2H2,1H3,(H,14,15). The summed E-state index contributed by atoms with van der Waals surface area (Å²) in [5.41, 5.74) is -0.0412. The lowest BCUT2D eigenvalue weighted by atomic mass is 10.1. The van der Waals surface area contributed by atoms with Crippen molar-refractivity contribution >= 4 is 16.7 Å². The minimum atomic E-state index is -1.07. The fraction of sp³-hybridized carbons (Fsp3) is 0.167. The van der Waals surface area contributed by atoms with Crippen LogP contribution in [0.5, 0.6) is 5.75 Å². The summed E-state index contributed by atoms with van der Waals surface area (Å²) in [6, 6.07) is 7.42. The highest BCUT2D eigenvalue weighted by atomic mass is 16.5. The molecule has 1 heterocycles. The number of nitrogens with zero attached hydrogens (tertiary/aromatic N) is 1. The molecule has 0 aliphatic rings. The largest absolute Gasteiger partial charge is 0.491 e. The van der Waals surface area contributed by atoms with Crippen LogP contribution >= 0.6 is 0 Å². The Kier molecular flexibility index (Phi) is 2.72. The Balaban J connectivity index is 2.73. The van der Waals surface area contributed by atoms with E-state index < -0.39 is 5.97 Å². The highest BCUT2D eigenvalue weighted by molar-refractivity contribution is 5.98. The van der Waals surface area contributed by atoms with E-state index in [-0.39, 0.29) is 5.69 Å². The summed E-state index contributed by atoms with van der Waals surface area (Å²) < 4.78 is 5.37. The molecule has 0 aliphatic heterocycles. The van der Waals surface area contributed by atoms with Gasteiger partial charge in [-0.25, -0.2) is 9.78 Å². The van der Waals surface area contributed by atoms with E-state index in [9.17, 15) is 4.79 Å². The van der Waals surface area contributed by atoms with Gasteiger partial charge < -0.3 is 9.84 Å². The van der Waals surface area contributed by atoms with Crippen LogP contribution in [-0.2, 0) is 0 Å². The van der Waals surface area contributed by atoms with Crippen molar-refractivity contribution in [2.24, 2.45) is 0 Å². The SMILES string of the molecule is CCOc1c(C(=O)O)ncc2ccccc12. The Hall–Kier alpha value is -2.10. The topological polar surface area (TPSA) is 59.4 Å². The molecule has 4 heteroatoms. The molecule has 2 rings (SSSR count). The molecule has 0 bridgehead atoms. The van der Waals surface area contributed by atoms with Gasteiger partial charge in [0.2, 0.25) is 0 Å². The van der Waals surface area contributed by atoms with Gasteiger partial charge in [-0.05, 0) is 6.92 Å². The van der Waals surface area contributed by atoms with Crippen LogP contribution in [0.4, 0.5) is 0 Å². The lowest BCUT2D eigenvalue weighted by molar-refractivity contribution is 0.0686. The van der Waals surface area contributed by atoms with E-state index in [1.165, 1.54) is 0 Å². The number of aromatic nitrogens is 1. The smallest absolute Gasteiger partial charge is 0.358 e. The maximum atomic E-state index is 11.0. The normalized spacial score (nSPS) is 10.3. The first-order chi connectivity index (χ1) is 7.74. The second kappa shape index (κ2) is 4.18. The number of hydrogen-bond acceptors (Lipinski definition) is 3. The van der Waals surface area contributed by atoms with E-state index in [0.29, 0.717) is 12.4 Å². The molecular weight excluding hydrogens is 206 g/mol. The molecule has 0 saturated carbocycles. The fourth-order valence-electron chi connectivity index (χ4n) is 1.58. The molecule has 0 aliphatic carbocycles. The molecule has 82 valence electrons. The second-order valence-corrected chi connectivity index (χ2v) is 3.26. The van der Waals surface area contributed by atoms with Crippen LogP contribution in [-0.4, -0.2) is 22.7 Å². The van der Waals surface area contributed by atoms with Crippen LogP contribution in [0.3, 0.4) is 0 Å². The first kappa shape index (κ1) is 10.4. The van der Waals surface area contributed by atoms with E-state index in [0.717, 1.165) is 10.8 Å². The van der Waals surface area contributed by atoms with E-state index in [1.54, 1.807) is 6.20 Å². The van der Waals surface area contributed by atoms with E-state index >= 15 is 0 Å². The second-order valence-electron chi connectivity index (χ2n) is 3.26. The van der Waals surface area contributed by atoms with Crippen molar-refractivity contribution in [3.8, 4) is 5.75 Å². The van der Waals surface area contributed by atoms with Gasteiger partial charge in [0, 0.05) is 17.0 Å². The van der Waals surface area contributed by atoms with E-state index in [1.807, 2.05) is 31.2 Å². The summed E-state index contributed by atoms with van der Waals surface area (Å²) in [4.78, 5) is 14.9. The molecule has 2 aromatic rings. The van der Waals surface area contributed by atoms with Gasteiger partial charge in [0.15, 0.2) is 11.4 Å². The quantitative estimate of drug-likeness (QED) is 0.857. The molecule has 0 atom stereocenters. The Morgan fingerprint density at radius 2 is 2.19 bits per heavy atom. The maximum absolute atomic E-state index is 11.0. The number of fused-ring (bicyclic) bond motifs is 1. The van der Waals surface area contributed by atoms with Gasteiger partial charge in [0.05, 0.1) is 6.61 Å². The number of carboxylic acid groups (broad SMARTS) is 1. The zero-order chi connectivity index (χ0) is 11.5. The minimum Gasteiger partial charge on any atom is -0.491 e. The Bertz CT molecular complexity index is 537.